The maximum atomic E-state index is 5.85. The van der Waals surface area contributed by atoms with E-state index in [4.69, 9.17) is 4.42 Å². The van der Waals surface area contributed by atoms with E-state index >= 15 is 0 Å². The van der Waals surface area contributed by atoms with Gasteiger partial charge >= 0.3 is 0 Å². The van der Waals surface area contributed by atoms with Gasteiger partial charge in [-0.2, -0.15) is 0 Å². The molecule has 102 valence electrons. The molecule has 2 heterocycles. The minimum Gasteiger partial charge on any atom is -0.465 e. The normalized spacial score (nSPS) is 16.9. The van der Waals surface area contributed by atoms with Crippen molar-refractivity contribution < 1.29 is 4.42 Å². The highest BCUT2D eigenvalue weighted by atomic mass is 16.3. The van der Waals surface area contributed by atoms with E-state index in [2.05, 4.69) is 37.1 Å². The molecule has 0 spiro atoms. The highest BCUT2D eigenvalue weighted by Crippen LogP contribution is 2.18. The van der Waals surface area contributed by atoms with E-state index in [1.807, 2.05) is 0 Å². The predicted molar refractivity (Wildman–Crippen MR) is 74.5 cm³/mol. The number of likely N-dealkylation sites (tertiary alicyclic amines) is 1. The Labute approximate surface area is 111 Å². The van der Waals surface area contributed by atoms with Gasteiger partial charge in [-0.3, -0.25) is 4.90 Å². The Morgan fingerprint density at radius 1 is 1.33 bits per heavy atom. The fourth-order valence-corrected chi connectivity index (χ4v) is 2.50. The Hall–Kier alpha value is -0.800. The molecule has 0 aliphatic carbocycles. The van der Waals surface area contributed by atoms with Gasteiger partial charge in [-0.15, -0.1) is 0 Å². The van der Waals surface area contributed by atoms with Gasteiger partial charge in [0, 0.05) is 12.1 Å². The van der Waals surface area contributed by atoms with Gasteiger partial charge in [0.25, 0.3) is 0 Å². The quantitative estimate of drug-likeness (QED) is 0.841. The Bertz CT molecular complexity index is 365. The van der Waals surface area contributed by atoms with Gasteiger partial charge in [0.05, 0.1) is 6.54 Å². The first-order chi connectivity index (χ1) is 8.65. The van der Waals surface area contributed by atoms with Crippen LogP contribution in [-0.4, -0.2) is 24.5 Å². The number of aryl methyl sites for hydroxylation is 1. The number of rotatable bonds is 6. The molecule has 1 N–H and O–H groups in total. The lowest BCUT2D eigenvalue weighted by molar-refractivity contribution is 0.294. The predicted octanol–water partition coefficient (Wildman–Crippen LogP) is 2.93. The molecular formula is C15H26N2O. The van der Waals surface area contributed by atoms with Crippen LogP contribution in [0.3, 0.4) is 0 Å². The van der Waals surface area contributed by atoms with Gasteiger partial charge in [0.15, 0.2) is 0 Å². The lowest BCUT2D eigenvalue weighted by atomic mass is 10.2. The van der Waals surface area contributed by atoms with Crippen molar-refractivity contribution in [2.45, 2.75) is 46.7 Å². The van der Waals surface area contributed by atoms with Crippen LogP contribution < -0.4 is 5.32 Å². The molecule has 1 saturated heterocycles. The van der Waals surface area contributed by atoms with Crippen LogP contribution in [0, 0.1) is 12.8 Å². The number of furan rings is 1. The van der Waals surface area contributed by atoms with Gasteiger partial charge in [0.2, 0.25) is 0 Å². The van der Waals surface area contributed by atoms with Gasteiger partial charge in [0.1, 0.15) is 11.5 Å². The van der Waals surface area contributed by atoms with Crippen LogP contribution in [0.5, 0.6) is 0 Å². The van der Waals surface area contributed by atoms with Crippen LogP contribution in [-0.2, 0) is 13.1 Å². The van der Waals surface area contributed by atoms with Crippen molar-refractivity contribution in [3.05, 3.63) is 23.2 Å². The van der Waals surface area contributed by atoms with Crippen LogP contribution in [0.2, 0.25) is 0 Å². The molecule has 3 heteroatoms. The van der Waals surface area contributed by atoms with E-state index in [1.54, 1.807) is 0 Å². The van der Waals surface area contributed by atoms with Crippen LogP contribution in [0.4, 0.5) is 0 Å². The second-order valence-electron chi connectivity index (χ2n) is 5.80. The topological polar surface area (TPSA) is 28.4 Å². The van der Waals surface area contributed by atoms with Crippen molar-refractivity contribution in [3.8, 4) is 0 Å². The summed E-state index contributed by atoms with van der Waals surface area (Å²) in [7, 11) is 0. The van der Waals surface area contributed by atoms with E-state index in [9.17, 15) is 0 Å². The molecule has 1 aromatic rings. The van der Waals surface area contributed by atoms with Crippen molar-refractivity contribution in [1.29, 1.82) is 0 Å². The summed E-state index contributed by atoms with van der Waals surface area (Å²) in [4.78, 5) is 2.48. The zero-order valence-electron chi connectivity index (χ0n) is 12.0. The highest BCUT2D eigenvalue weighted by molar-refractivity contribution is 5.20. The molecule has 1 aliphatic rings. The van der Waals surface area contributed by atoms with Crippen molar-refractivity contribution >= 4 is 0 Å². The summed E-state index contributed by atoms with van der Waals surface area (Å²) in [5.41, 5.74) is 1.31. The van der Waals surface area contributed by atoms with E-state index in [0.717, 1.165) is 31.2 Å². The van der Waals surface area contributed by atoms with Crippen LogP contribution in [0.25, 0.3) is 0 Å². The fourth-order valence-electron chi connectivity index (χ4n) is 2.50. The third-order valence-corrected chi connectivity index (χ3v) is 3.52. The summed E-state index contributed by atoms with van der Waals surface area (Å²) in [6, 6.07) is 2.22. The van der Waals surface area contributed by atoms with Crippen molar-refractivity contribution in [1.82, 2.24) is 10.2 Å². The van der Waals surface area contributed by atoms with Crippen LogP contribution >= 0.6 is 0 Å². The summed E-state index contributed by atoms with van der Waals surface area (Å²) in [6.07, 6.45) is 2.67. The Kier molecular flexibility index (Phi) is 4.84. The number of hydrogen-bond acceptors (Lipinski definition) is 3. The summed E-state index contributed by atoms with van der Waals surface area (Å²) in [5.74, 6) is 2.89. The molecule has 1 aliphatic heterocycles. The molecule has 0 saturated carbocycles. The fraction of sp³-hybridized carbons (Fsp3) is 0.733. The van der Waals surface area contributed by atoms with Gasteiger partial charge in [-0.25, -0.2) is 0 Å². The largest absolute Gasteiger partial charge is 0.465 e. The molecular weight excluding hydrogens is 224 g/mol. The molecule has 1 aromatic heterocycles. The van der Waals surface area contributed by atoms with E-state index in [1.165, 1.54) is 31.5 Å². The minimum absolute atomic E-state index is 0.696. The minimum atomic E-state index is 0.696. The third kappa shape index (κ3) is 3.85. The SMILES string of the molecule is Cc1oc(CN2CCCC2)cc1CNCC(C)C. The molecule has 0 radical (unpaired) electrons. The molecule has 0 bridgehead atoms. The monoisotopic (exact) mass is 250 g/mol. The second kappa shape index (κ2) is 6.39. The first-order valence-corrected chi connectivity index (χ1v) is 7.16. The van der Waals surface area contributed by atoms with Crippen molar-refractivity contribution in [2.75, 3.05) is 19.6 Å². The van der Waals surface area contributed by atoms with E-state index in [-0.39, 0.29) is 0 Å². The zero-order valence-corrected chi connectivity index (χ0v) is 12.0. The Balaban J connectivity index is 1.85. The van der Waals surface area contributed by atoms with Gasteiger partial charge < -0.3 is 9.73 Å². The molecule has 3 nitrogen and oxygen atoms in total. The molecule has 0 aromatic carbocycles. The van der Waals surface area contributed by atoms with Crippen LogP contribution in [0.1, 0.15) is 43.8 Å². The summed E-state index contributed by atoms with van der Waals surface area (Å²) < 4.78 is 5.85. The number of hydrogen-bond donors (Lipinski definition) is 1. The van der Waals surface area contributed by atoms with E-state index in [0.29, 0.717) is 5.92 Å². The zero-order chi connectivity index (χ0) is 13.0. The summed E-state index contributed by atoms with van der Waals surface area (Å²) in [5, 5.41) is 3.48. The lowest BCUT2D eigenvalue weighted by Gasteiger charge is -2.11. The van der Waals surface area contributed by atoms with Crippen molar-refractivity contribution in [3.63, 3.8) is 0 Å². The highest BCUT2D eigenvalue weighted by Gasteiger charge is 2.15. The Morgan fingerprint density at radius 3 is 2.72 bits per heavy atom. The number of nitrogens with one attached hydrogen (secondary N) is 1. The number of nitrogens with zero attached hydrogens (tertiary/aromatic N) is 1. The first kappa shape index (κ1) is 13.6. The van der Waals surface area contributed by atoms with Crippen molar-refractivity contribution in [2.24, 2.45) is 5.92 Å². The lowest BCUT2D eigenvalue weighted by Crippen LogP contribution is -2.19. The smallest absolute Gasteiger partial charge is 0.118 e. The molecule has 2 rings (SSSR count). The maximum Gasteiger partial charge on any atom is 0.118 e. The summed E-state index contributed by atoms with van der Waals surface area (Å²) in [6.45, 7) is 11.9. The molecule has 0 unspecified atom stereocenters. The van der Waals surface area contributed by atoms with Crippen LogP contribution in [0.15, 0.2) is 10.5 Å². The molecule has 0 amide bonds. The first-order valence-electron chi connectivity index (χ1n) is 7.16. The third-order valence-electron chi connectivity index (χ3n) is 3.52. The van der Waals surface area contributed by atoms with E-state index < -0.39 is 0 Å². The molecule has 1 fully saturated rings. The Morgan fingerprint density at radius 2 is 2.06 bits per heavy atom. The summed E-state index contributed by atoms with van der Waals surface area (Å²) >= 11 is 0. The van der Waals surface area contributed by atoms with Gasteiger partial charge in [-0.1, -0.05) is 13.8 Å². The second-order valence-corrected chi connectivity index (χ2v) is 5.80. The molecule has 18 heavy (non-hydrogen) atoms. The maximum absolute atomic E-state index is 5.85. The average Bonchev–Trinajstić information content (AvgIpc) is 2.90. The molecule has 0 atom stereocenters. The standard InChI is InChI=1S/C15H26N2O/c1-12(2)9-16-10-14-8-15(18-13(14)3)11-17-6-4-5-7-17/h8,12,16H,4-7,9-11H2,1-3H3. The van der Waals surface area contributed by atoms with Gasteiger partial charge in [-0.05, 0) is 51.4 Å². The average molecular weight is 250 g/mol.